The molecule has 3 rings (SSSR count). The maximum absolute atomic E-state index is 12.5. The quantitative estimate of drug-likeness (QED) is 0.916. The Morgan fingerprint density at radius 1 is 1.40 bits per heavy atom. The average Bonchev–Trinajstić information content (AvgIpc) is 2.70. The first-order chi connectivity index (χ1) is 9.49. The predicted octanol–water partition coefficient (Wildman–Crippen LogP) is 1.62. The smallest absolute Gasteiger partial charge is 0.326 e. The minimum atomic E-state index is -4.07. The molecule has 1 aromatic rings. The molecule has 1 saturated heterocycles. The number of aromatic nitrogens is 2. The van der Waals surface area contributed by atoms with Crippen molar-refractivity contribution in [2.24, 2.45) is 5.92 Å². The van der Waals surface area contributed by atoms with Gasteiger partial charge in [0.15, 0.2) is 0 Å². The van der Waals surface area contributed by atoms with E-state index in [2.05, 4.69) is 21.4 Å². The third-order valence-electron chi connectivity index (χ3n) is 3.97. The van der Waals surface area contributed by atoms with Gasteiger partial charge in [0.1, 0.15) is 5.82 Å². The van der Waals surface area contributed by atoms with Gasteiger partial charge in [-0.1, -0.05) is 6.58 Å². The van der Waals surface area contributed by atoms with Crippen LogP contribution in [0.2, 0.25) is 0 Å². The fraction of sp³-hybridized carbons (Fsp3) is 0.615. The molecule has 1 aromatic heterocycles. The van der Waals surface area contributed by atoms with E-state index in [1.807, 2.05) is 0 Å². The Bertz CT molecular complexity index is 514. The average molecular weight is 286 g/mol. The zero-order valence-corrected chi connectivity index (χ0v) is 11.1. The number of imidazole rings is 1. The second-order valence-corrected chi connectivity index (χ2v) is 5.33. The second-order valence-electron chi connectivity index (χ2n) is 5.33. The first-order valence-electron chi connectivity index (χ1n) is 6.69. The molecule has 0 amide bonds. The van der Waals surface area contributed by atoms with Crippen LogP contribution in [0.4, 0.5) is 13.2 Å². The second kappa shape index (κ2) is 4.89. The first kappa shape index (κ1) is 13.6. The molecule has 20 heavy (non-hydrogen) atoms. The Morgan fingerprint density at radius 2 is 2.15 bits per heavy atom. The van der Waals surface area contributed by atoms with Crippen molar-refractivity contribution >= 4 is 6.08 Å². The summed E-state index contributed by atoms with van der Waals surface area (Å²) >= 11 is 0. The van der Waals surface area contributed by atoms with E-state index in [1.54, 1.807) is 11.0 Å². The molecule has 0 radical (unpaired) electrons. The fourth-order valence-corrected chi connectivity index (χ4v) is 2.80. The number of fused-ring (bicyclic) bond motifs is 1. The number of nitrogens with zero attached hydrogens (tertiary/aromatic N) is 3. The van der Waals surface area contributed by atoms with Crippen LogP contribution < -0.4 is 5.32 Å². The van der Waals surface area contributed by atoms with Crippen LogP contribution in [0.3, 0.4) is 0 Å². The van der Waals surface area contributed by atoms with Gasteiger partial charge in [0.05, 0.1) is 17.3 Å². The standard InChI is InChI=1S/C13H17F3N4/c1-2-12-18-10(11-5-17-3-4-20(11)12)8-19-6-9(7-19)13(14,15)16/h2,9,17H,1,3-8H2. The molecule has 0 aliphatic carbocycles. The molecular weight excluding hydrogens is 269 g/mol. The number of rotatable bonds is 3. The highest BCUT2D eigenvalue weighted by Crippen LogP contribution is 2.34. The van der Waals surface area contributed by atoms with Crippen LogP contribution in [0.1, 0.15) is 17.2 Å². The summed E-state index contributed by atoms with van der Waals surface area (Å²) in [5.74, 6) is -0.373. The largest absolute Gasteiger partial charge is 0.394 e. The molecule has 2 aliphatic rings. The van der Waals surface area contributed by atoms with Gasteiger partial charge in [-0.25, -0.2) is 4.98 Å². The van der Waals surface area contributed by atoms with Gasteiger partial charge in [-0.05, 0) is 6.08 Å². The maximum Gasteiger partial charge on any atom is 0.394 e. The summed E-state index contributed by atoms with van der Waals surface area (Å²) in [5.41, 5.74) is 1.94. The van der Waals surface area contributed by atoms with Gasteiger partial charge >= 0.3 is 6.18 Å². The number of alkyl halides is 3. The Hall–Kier alpha value is -1.34. The van der Waals surface area contributed by atoms with Crippen molar-refractivity contribution in [1.82, 2.24) is 19.8 Å². The van der Waals surface area contributed by atoms with Gasteiger partial charge in [-0.15, -0.1) is 0 Å². The maximum atomic E-state index is 12.5. The van der Waals surface area contributed by atoms with E-state index in [0.717, 1.165) is 30.3 Å². The third kappa shape index (κ3) is 2.35. The van der Waals surface area contributed by atoms with Crippen molar-refractivity contribution in [3.8, 4) is 0 Å². The van der Waals surface area contributed by atoms with Gasteiger partial charge < -0.3 is 9.88 Å². The van der Waals surface area contributed by atoms with E-state index in [-0.39, 0.29) is 13.1 Å². The van der Waals surface area contributed by atoms with Crippen LogP contribution in [0.5, 0.6) is 0 Å². The topological polar surface area (TPSA) is 33.1 Å². The molecule has 7 heteroatoms. The van der Waals surface area contributed by atoms with Gasteiger partial charge in [0.25, 0.3) is 0 Å². The lowest BCUT2D eigenvalue weighted by atomic mass is 9.99. The Labute approximate surface area is 115 Å². The van der Waals surface area contributed by atoms with Crippen molar-refractivity contribution in [3.05, 3.63) is 23.8 Å². The first-order valence-corrected chi connectivity index (χ1v) is 6.69. The molecule has 4 nitrogen and oxygen atoms in total. The monoisotopic (exact) mass is 286 g/mol. The fourth-order valence-electron chi connectivity index (χ4n) is 2.80. The number of hydrogen-bond donors (Lipinski definition) is 1. The lowest BCUT2D eigenvalue weighted by Crippen LogP contribution is -2.52. The van der Waals surface area contributed by atoms with Crippen molar-refractivity contribution < 1.29 is 13.2 Å². The number of nitrogens with one attached hydrogen (secondary N) is 1. The van der Waals surface area contributed by atoms with Gasteiger partial charge in [-0.2, -0.15) is 13.2 Å². The summed E-state index contributed by atoms with van der Waals surface area (Å²) in [7, 11) is 0. The zero-order valence-electron chi connectivity index (χ0n) is 11.1. The van der Waals surface area contributed by atoms with Gasteiger partial charge in [-0.3, -0.25) is 4.90 Å². The van der Waals surface area contributed by atoms with Crippen LogP contribution in [0.25, 0.3) is 6.08 Å². The zero-order chi connectivity index (χ0) is 14.3. The van der Waals surface area contributed by atoms with Crippen molar-refractivity contribution in [1.29, 1.82) is 0 Å². The molecule has 110 valence electrons. The van der Waals surface area contributed by atoms with Crippen LogP contribution in [-0.2, 0) is 19.6 Å². The number of hydrogen-bond acceptors (Lipinski definition) is 3. The van der Waals surface area contributed by atoms with Crippen molar-refractivity contribution in [2.75, 3.05) is 19.6 Å². The van der Waals surface area contributed by atoms with Gasteiger partial charge in [0.2, 0.25) is 0 Å². The molecular formula is C13H17F3N4. The molecule has 2 aliphatic heterocycles. The summed E-state index contributed by atoms with van der Waals surface area (Å²) in [6.45, 7) is 6.80. The highest BCUT2D eigenvalue weighted by molar-refractivity contribution is 5.40. The Balaban J connectivity index is 1.70. The van der Waals surface area contributed by atoms with Crippen LogP contribution in [0, 0.1) is 5.92 Å². The SMILES string of the molecule is C=Cc1nc(CN2CC(C(F)(F)F)C2)c2n1CCNC2. The molecule has 1 fully saturated rings. The molecule has 0 unspecified atom stereocenters. The minimum absolute atomic E-state index is 0.0760. The van der Waals surface area contributed by atoms with E-state index in [0.29, 0.717) is 13.1 Å². The normalized spacial score (nSPS) is 20.6. The molecule has 3 heterocycles. The summed E-state index contributed by atoms with van der Waals surface area (Å²) in [5, 5.41) is 3.27. The van der Waals surface area contributed by atoms with E-state index < -0.39 is 12.1 Å². The molecule has 0 saturated carbocycles. The van der Waals surface area contributed by atoms with E-state index >= 15 is 0 Å². The van der Waals surface area contributed by atoms with Crippen LogP contribution >= 0.6 is 0 Å². The van der Waals surface area contributed by atoms with E-state index in [4.69, 9.17) is 0 Å². The predicted molar refractivity (Wildman–Crippen MR) is 68.8 cm³/mol. The number of likely N-dealkylation sites (tertiary alicyclic amines) is 1. The van der Waals surface area contributed by atoms with Crippen LogP contribution in [0.15, 0.2) is 6.58 Å². The Kier molecular flexibility index (Phi) is 3.33. The minimum Gasteiger partial charge on any atom is -0.326 e. The van der Waals surface area contributed by atoms with Crippen molar-refractivity contribution in [2.45, 2.75) is 25.8 Å². The third-order valence-corrected chi connectivity index (χ3v) is 3.97. The lowest BCUT2D eigenvalue weighted by molar-refractivity contribution is -0.210. The highest BCUT2D eigenvalue weighted by atomic mass is 19.4. The number of halogens is 3. The lowest BCUT2D eigenvalue weighted by Gasteiger charge is -2.39. The van der Waals surface area contributed by atoms with Crippen LogP contribution in [-0.4, -0.2) is 40.3 Å². The van der Waals surface area contributed by atoms with E-state index in [9.17, 15) is 13.2 Å². The molecule has 0 bridgehead atoms. The molecule has 1 N–H and O–H groups in total. The molecule has 0 spiro atoms. The highest BCUT2D eigenvalue weighted by Gasteiger charge is 2.47. The van der Waals surface area contributed by atoms with Crippen molar-refractivity contribution in [3.63, 3.8) is 0 Å². The summed E-state index contributed by atoms with van der Waals surface area (Å²) < 4.78 is 39.5. The van der Waals surface area contributed by atoms with E-state index in [1.165, 1.54) is 0 Å². The summed E-state index contributed by atoms with van der Waals surface area (Å²) in [6.07, 6.45) is -2.37. The van der Waals surface area contributed by atoms with Gasteiger partial charge in [0, 0.05) is 39.3 Å². The Morgan fingerprint density at radius 3 is 2.80 bits per heavy atom. The molecule has 0 atom stereocenters. The molecule has 0 aromatic carbocycles. The summed E-state index contributed by atoms with van der Waals surface area (Å²) in [6, 6.07) is 0. The summed E-state index contributed by atoms with van der Waals surface area (Å²) in [4.78, 5) is 6.30.